The van der Waals surface area contributed by atoms with Gasteiger partial charge >= 0.3 is 0 Å². The molecule has 1 N–H and O–H groups in total. The van der Waals surface area contributed by atoms with E-state index in [1.165, 1.54) is 10.4 Å². The molecule has 1 atom stereocenters. The van der Waals surface area contributed by atoms with Crippen molar-refractivity contribution in [2.45, 2.75) is 32.7 Å². The summed E-state index contributed by atoms with van der Waals surface area (Å²) in [6.45, 7) is 5.22. The van der Waals surface area contributed by atoms with Crippen LogP contribution in [0.1, 0.15) is 35.4 Å². The molecule has 0 fully saturated rings. The van der Waals surface area contributed by atoms with E-state index in [2.05, 4.69) is 24.5 Å². The van der Waals surface area contributed by atoms with Crippen LogP contribution >= 0.6 is 22.9 Å². The first-order valence-electron chi connectivity index (χ1n) is 6.20. The van der Waals surface area contributed by atoms with Crippen molar-refractivity contribution in [3.63, 3.8) is 0 Å². The predicted molar refractivity (Wildman–Crippen MR) is 77.5 cm³/mol. The fourth-order valence-electron chi connectivity index (χ4n) is 1.91. The highest BCUT2D eigenvalue weighted by molar-refractivity contribution is 7.10. The van der Waals surface area contributed by atoms with E-state index in [1.54, 1.807) is 23.9 Å². The summed E-state index contributed by atoms with van der Waals surface area (Å²) in [5.41, 5.74) is 2.36. The Bertz CT molecular complexity index is 478. The molecule has 2 nitrogen and oxygen atoms in total. The summed E-state index contributed by atoms with van der Waals surface area (Å²) in [4.78, 5) is 1.23. The zero-order valence-corrected chi connectivity index (χ0v) is 12.3. The number of rotatable bonds is 6. The Hall–Kier alpha value is -0.770. The first-order chi connectivity index (χ1) is 8.72. The van der Waals surface area contributed by atoms with Crippen molar-refractivity contribution in [3.05, 3.63) is 45.0 Å². The van der Waals surface area contributed by atoms with Gasteiger partial charge in [-0.3, -0.25) is 0 Å². The molecule has 2 heterocycles. The molecule has 0 aliphatic rings. The van der Waals surface area contributed by atoms with Gasteiger partial charge in [0.05, 0.1) is 17.5 Å². The average Bonchev–Trinajstić information content (AvgIpc) is 2.97. The number of hydrogen-bond donors (Lipinski definition) is 1. The highest BCUT2D eigenvalue weighted by atomic mass is 35.5. The molecule has 2 rings (SSSR count). The van der Waals surface area contributed by atoms with Crippen molar-refractivity contribution in [1.82, 2.24) is 5.32 Å². The van der Waals surface area contributed by atoms with Crippen molar-refractivity contribution in [2.24, 2.45) is 0 Å². The number of aryl methyl sites for hydroxylation is 1. The van der Waals surface area contributed by atoms with Crippen LogP contribution in [0, 0.1) is 6.92 Å². The number of furan rings is 1. The molecular weight excluding hydrogens is 266 g/mol. The molecule has 0 aliphatic heterocycles. The highest BCUT2D eigenvalue weighted by Gasteiger charge is 2.18. The second kappa shape index (κ2) is 6.41. The molecule has 1 unspecified atom stereocenters. The minimum Gasteiger partial charge on any atom is -0.472 e. The van der Waals surface area contributed by atoms with Gasteiger partial charge in [0.15, 0.2) is 0 Å². The van der Waals surface area contributed by atoms with Gasteiger partial charge in [0, 0.05) is 10.9 Å². The molecule has 0 bridgehead atoms. The molecule has 0 saturated carbocycles. The number of halogens is 1. The van der Waals surface area contributed by atoms with E-state index >= 15 is 0 Å². The van der Waals surface area contributed by atoms with Crippen molar-refractivity contribution < 1.29 is 4.42 Å². The van der Waals surface area contributed by atoms with E-state index in [1.807, 2.05) is 6.07 Å². The van der Waals surface area contributed by atoms with E-state index < -0.39 is 0 Å². The summed E-state index contributed by atoms with van der Waals surface area (Å²) in [6.07, 6.45) is 5.54. The number of thiophene rings is 1. The fraction of sp³-hybridized carbons (Fsp3) is 0.429. The topological polar surface area (TPSA) is 25.2 Å². The van der Waals surface area contributed by atoms with Gasteiger partial charge in [0.2, 0.25) is 0 Å². The second-order valence-electron chi connectivity index (χ2n) is 4.44. The summed E-state index contributed by atoms with van der Waals surface area (Å²) in [5.74, 6) is 0. The van der Waals surface area contributed by atoms with Crippen LogP contribution in [-0.2, 0) is 6.42 Å². The Labute approximate surface area is 117 Å². The normalized spacial score (nSPS) is 12.8. The van der Waals surface area contributed by atoms with Gasteiger partial charge in [-0.25, -0.2) is 0 Å². The predicted octanol–water partition coefficient (Wildman–Crippen LogP) is 4.59. The Morgan fingerprint density at radius 1 is 1.50 bits per heavy atom. The van der Waals surface area contributed by atoms with Crippen LogP contribution in [0.25, 0.3) is 0 Å². The minimum atomic E-state index is 0.272. The lowest BCUT2D eigenvalue weighted by Crippen LogP contribution is -2.23. The van der Waals surface area contributed by atoms with Gasteiger partial charge in [-0.15, -0.1) is 11.3 Å². The standard InChI is InChI=1S/C14H18ClNOS/c1-3-5-16-12(7-11-4-6-17-8-11)14-13(15)10(2)9-18-14/h4,6,8-9,12,16H,3,5,7H2,1-2H3. The smallest absolute Gasteiger partial charge is 0.0935 e. The van der Waals surface area contributed by atoms with Crippen LogP contribution in [0.15, 0.2) is 28.4 Å². The van der Waals surface area contributed by atoms with Gasteiger partial charge in [0.1, 0.15) is 0 Å². The van der Waals surface area contributed by atoms with Gasteiger partial charge < -0.3 is 9.73 Å². The maximum Gasteiger partial charge on any atom is 0.0935 e. The lowest BCUT2D eigenvalue weighted by Gasteiger charge is -2.17. The van der Waals surface area contributed by atoms with Crippen LogP contribution in [0.4, 0.5) is 0 Å². The van der Waals surface area contributed by atoms with Gasteiger partial charge in [-0.2, -0.15) is 0 Å². The Morgan fingerprint density at radius 2 is 2.33 bits per heavy atom. The molecule has 2 aromatic rings. The summed E-state index contributed by atoms with van der Waals surface area (Å²) in [5, 5.41) is 6.58. The summed E-state index contributed by atoms with van der Waals surface area (Å²) < 4.78 is 5.13. The molecular formula is C14H18ClNOS. The molecule has 98 valence electrons. The van der Waals surface area contributed by atoms with Crippen molar-refractivity contribution in [1.29, 1.82) is 0 Å². The Kier molecular flexibility index (Phi) is 4.87. The molecule has 0 aromatic carbocycles. The molecule has 18 heavy (non-hydrogen) atoms. The molecule has 2 aromatic heterocycles. The SMILES string of the molecule is CCCNC(Cc1ccoc1)c1scc(C)c1Cl. The maximum absolute atomic E-state index is 6.37. The first kappa shape index (κ1) is 13.7. The van der Waals surface area contributed by atoms with Crippen LogP contribution in [0.3, 0.4) is 0 Å². The quantitative estimate of drug-likeness (QED) is 0.839. The van der Waals surface area contributed by atoms with Crippen LogP contribution in [0.5, 0.6) is 0 Å². The second-order valence-corrected chi connectivity index (χ2v) is 5.73. The van der Waals surface area contributed by atoms with Gasteiger partial charge in [-0.05, 0) is 48.9 Å². The Morgan fingerprint density at radius 3 is 2.89 bits per heavy atom. The van der Waals surface area contributed by atoms with E-state index in [0.29, 0.717) is 0 Å². The van der Waals surface area contributed by atoms with E-state index in [4.69, 9.17) is 16.0 Å². The molecule has 0 spiro atoms. The summed E-state index contributed by atoms with van der Waals surface area (Å²) in [6, 6.07) is 2.28. The van der Waals surface area contributed by atoms with E-state index in [9.17, 15) is 0 Å². The average molecular weight is 284 g/mol. The lowest BCUT2D eigenvalue weighted by molar-refractivity contribution is 0.526. The van der Waals surface area contributed by atoms with Crippen molar-refractivity contribution in [2.75, 3.05) is 6.54 Å². The van der Waals surface area contributed by atoms with Crippen molar-refractivity contribution in [3.8, 4) is 0 Å². The lowest BCUT2D eigenvalue weighted by atomic mass is 10.1. The molecule has 0 radical (unpaired) electrons. The summed E-state index contributed by atoms with van der Waals surface area (Å²) >= 11 is 8.10. The highest BCUT2D eigenvalue weighted by Crippen LogP contribution is 2.34. The zero-order chi connectivity index (χ0) is 13.0. The molecule has 4 heteroatoms. The minimum absolute atomic E-state index is 0.272. The maximum atomic E-state index is 6.37. The molecule has 0 amide bonds. The van der Waals surface area contributed by atoms with Crippen molar-refractivity contribution >= 4 is 22.9 Å². The Balaban J connectivity index is 2.16. The van der Waals surface area contributed by atoms with Crippen LogP contribution in [0.2, 0.25) is 5.02 Å². The van der Waals surface area contributed by atoms with Gasteiger partial charge in [-0.1, -0.05) is 18.5 Å². The zero-order valence-electron chi connectivity index (χ0n) is 10.7. The molecule has 0 saturated heterocycles. The van der Waals surface area contributed by atoms with E-state index in [-0.39, 0.29) is 6.04 Å². The van der Waals surface area contributed by atoms with E-state index in [0.717, 1.165) is 30.0 Å². The number of nitrogens with one attached hydrogen (secondary N) is 1. The van der Waals surface area contributed by atoms with Gasteiger partial charge in [0.25, 0.3) is 0 Å². The first-order valence-corrected chi connectivity index (χ1v) is 7.46. The summed E-state index contributed by atoms with van der Waals surface area (Å²) in [7, 11) is 0. The van der Waals surface area contributed by atoms with Crippen LogP contribution in [-0.4, -0.2) is 6.54 Å². The third kappa shape index (κ3) is 3.16. The fourth-order valence-corrected chi connectivity index (χ4v) is 3.31. The third-order valence-corrected chi connectivity index (χ3v) is 4.73. The molecule has 0 aliphatic carbocycles. The van der Waals surface area contributed by atoms with Crippen LogP contribution < -0.4 is 5.32 Å². The largest absolute Gasteiger partial charge is 0.472 e. The third-order valence-electron chi connectivity index (χ3n) is 2.90. The monoisotopic (exact) mass is 283 g/mol. The number of hydrogen-bond acceptors (Lipinski definition) is 3.